The van der Waals surface area contributed by atoms with E-state index in [-0.39, 0.29) is 12.0 Å². The molecule has 0 amide bonds. The Balaban J connectivity index is 2.30. The van der Waals surface area contributed by atoms with Gasteiger partial charge in [-0.1, -0.05) is 19.0 Å². The highest BCUT2D eigenvalue weighted by Crippen LogP contribution is 2.26. The number of aromatic nitrogens is 3. The van der Waals surface area contributed by atoms with Gasteiger partial charge in [0.25, 0.3) is 5.89 Å². The third-order valence-electron chi connectivity index (χ3n) is 2.77. The Kier molecular flexibility index (Phi) is 4.43. The highest BCUT2D eigenvalue weighted by molar-refractivity contribution is 5.54. The number of hydrogen-bond acceptors (Lipinski definition) is 6. The fraction of sp³-hybridized carbons (Fsp3) is 0.429. The standard InChI is InChI=1S/C14H16N4O2/c1-4-19-12(9(2)3)13-17-14(20-18-13)10-5-6-16-11(7-10)8-15/h5-7,9,12H,4H2,1-3H3. The molecule has 0 bridgehead atoms. The van der Waals surface area contributed by atoms with Gasteiger partial charge in [0.05, 0.1) is 0 Å². The maximum Gasteiger partial charge on any atom is 0.258 e. The van der Waals surface area contributed by atoms with Crippen molar-refractivity contribution in [3.63, 3.8) is 0 Å². The Morgan fingerprint density at radius 3 is 2.90 bits per heavy atom. The summed E-state index contributed by atoms with van der Waals surface area (Å²) in [5.74, 6) is 1.13. The van der Waals surface area contributed by atoms with Crippen molar-refractivity contribution in [3.05, 3.63) is 29.8 Å². The molecule has 0 saturated heterocycles. The first kappa shape index (κ1) is 14.2. The quantitative estimate of drug-likeness (QED) is 0.832. The van der Waals surface area contributed by atoms with Gasteiger partial charge in [-0.15, -0.1) is 0 Å². The molecule has 1 atom stereocenters. The molecule has 2 heterocycles. The van der Waals surface area contributed by atoms with Crippen LogP contribution < -0.4 is 0 Å². The first-order valence-electron chi connectivity index (χ1n) is 6.47. The Labute approximate surface area is 117 Å². The van der Waals surface area contributed by atoms with Gasteiger partial charge >= 0.3 is 0 Å². The molecule has 0 aliphatic carbocycles. The molecular weight excluding hydrogens is 256 g/mol. The monoisotopic (exact) mass is 272 g/mol. The van der Waals surface area contributed by atoms with Crippen molar-refractivity contribution < 1.29 is 9.26 Å². The Bertz CT molecular complexity index is 616. The summed E-state index contributed by atoms with van der Waals surface area (Å²) in [7, 11) is 0. The van der Waals surface area contributed by atoms with Crippen molar-refractivity contribution in [1.82, 2.24) is 15.1 Å². The van der Waals surface area contributed by atoms with Gasteiger partial charge in [-0.05, 0) is 25.0 Å². The van der Waals surface area contributed by atoms with Gasteiger partial charge in [0.1, 0.15) is 17.9 Å². The van der Waals surface area contributed by atoms with Crippen LogP contribution in [0.5, 0.6) is 0 Å². The van der Waals surface area contributed by atoms with E-state index in [4.69, 9.17) is 14.5 Å². The molecule has 6 heteroatoms. The fourth-order valence-corrected chi connectivity index (χ4v) is 1.84. The molecule has 2 aromatic rings. The molecule has 0 spiro atoms. The Morgan fingerprint density at radius 2 is 2.25 bits per heavy atom. The zero-order valence-corrected chi connectivity index (χ0v) is 11.7. The Hall–Kier alpha value is -2.26. The zero-order chi connectivity index (χ0) is 14.5. The molecule has 104 valence electrons. The van der Waals surface area contributed by atoms with Crippen molar-refractivity contribution in [2.75, 3.05) is 6.61 Å². The number of hydrogen-bond donors (Lipinski definition) is 0. The van der Waals surface area contributed by atoms with E-state index in [1.54, 1.807) is 18.3 Å². The minimum absolute atomic E-state index is 0.199. The predicted octanol–water partition coefficient (Wildman–Crippen LogP) is 2.74. The molecule has 6 nitrogen and oxygen atoms in total. The van der Waals surface area contributed by atoms with Gasteiger partial charge in [0, 0.05) is 18.4 Å². The molecule has 2 rings (SSSR count). The van der Waals surface area contributed by atoms with E-state index in [1.165, 1.54) is 0 Å². The van der Waals surface area contributed by atoms with Crippen LogP contribution in [0.15, 0.2) is 22.9 Å². The highest BCUT2D eigenvalue weighted by Gasteiger charge is 2.22. The minimum atomic E-state index is -0.199. The maximum absolute atomic E-state index is 8.85. The summed E-state index contributed by atoms with van der Waals surface area (Å²) in [6.45, 7) is 6.59. The first-order chi connectivity index (χ1) is 9.65. The van der Waals surface area contributed by atoms with E-state index >= 15 is 0 Å². The van der Waals surface area contributed by atoms with Gasteiger partial charge in [-0.25, -0.2) is 4.98 Å². The average Bonchev–Trinajstić information content (AvgIpc) is 2.94. The summed E-state index contributed by atoms with van der Waals surface area (Å²) >= 11 is 0. The molecule has 0 saturated carbocycles. The largest absolute Gasteiger partial charge is 0.370 e. The lowest BCUT2D eigenvalue weighted by atomic mass is 10.1. The van der Waals surface area contributed by atoms with Crippen LogP contribution in [-0.2, 0) is 4.74 Å². The molecule has 1 unspecified atom stereocenters. The molecule has 0 N–H and O–H groups in total. The summed E-state index contributed by atoms with van der Waals surface area (Å²) < 4.78 is 10.9. The number of pyridine rings is 1. The summed E-state index contributed by atoms with van der Waals surface area (Å²) in [6.07, 6.45) is 1.34. The van der Waals surface area contributed by atoms with Crippen LogP contribution in [0.3, 0.4) is 0 Å². The van der Waals surface area contributed by atoms with Crippen molar-refractivity contribution in [3.8, 4) is 17.5 Å². The number of rotatable bonds is 5. The normalized spacial score (nSPS) is 12.3. The lowest BCUT2D eigenvalue weighted by molar-refractivity contribution is 0.0217. The van der Waals surface area contributed by atoms with Crippen molar-refractivity contribution >= 4 is 0 Å². The maximum atomic E-state index is 8.85. The van der Waals surface area contributed by atoms with E-state index < -0.39 is 0 Å². The summed E-state index contributed by atoms with van der Waals surface area (Å²) in [4.78, 5) is 8.26. The molecule has 0 fully saturated rings. The Morgan fingerprint density at radius 1 is 1.45 bits per heavy atom. The second kappa shape index (κ2) is 6.26. The number of nitriles is 1. The van der Waals surface area contributed by atoms with Crippen molar-refractivity contribution in [2.45, 2.75) is 26.9 Å². The van der Waals surface area contributed by atoms with Gasteiger partial charge in [0.15, 0.2) is 0 Å². The third-order valence-corrected chi connectivity index (χ3v) is 2.77. The van der Waals surface area contributed by atoms with E-state index in [1.807, 2.05) is 26.8 Å². The lowest BCUT2D eigenvalue weighted by Gasteiger charge is -2.16. The molecule has 0 aromatic carbocycles. The molecule has 2 aromatic heterocycles. The van der Waals surface area contributed by atoms with Crippen LogP contribution in [0.2, 0.25) is 0 Å². The van der Waals surface area contributed by atoms with E-state index in [9.17, 15) is 0 Å². The van der Waals surface area contributed by atoms with Gasteiger partial charge in [-0.3, -0.25) is 0 Å². The SMILES string of the molecule is CCOC(c1noc(-c2ccnc(C#N)c2)n1)C(C)C. The van der Waals surface area contributed by atoms with Crippen molar-refractivity contribution in [1.29, 1.82) is 5.26 Å². The second-order valence-electron chi connectivity index (χ2n) is 4.62. The van der Waals surface area contributed by atoms with Crippen LogP contribution in [0.1, 0.15) is 38.4 Å². The summed E-state index contributed by atoms with van der Waals surface area (Å²) in [6, 6.07) is 5.32. The predicted molar refractivity (Wildman–Crippen MR) is 71.4 cm³/mol. The minimum Gasteiger partial charge on any atom is -0.370 e. The lowest BCUT2D eigenvalue weighted by Crippen LogP contribution is -2.12. The third kappa shape index (κ3) is 3.00. The molecule has 0 radical (unpaired) electrons. The number of ether oxygens (including phenoxy) is 1. The molecule has 20 heavy (non-hydrogen) atoms. The smallest absolute Gasteiger partial charge is 0.258 e. The van der Waals surface area contributed by atoms with Gasteiger partial charge < -0.3 is 9.26 Å². The zero-order valence-electron chi connectivity index (χ0n) is 11.7. The second-order valence-corrected chi connectivity index (χ2v) is 4.62. The highest BCUT2D eigenvalue weighted by atomic mass is 16.5. The summed E-state index contributed by atoms with van der Waals surface area (Å²) in [5.41, 5.74) is 0.988. The van der Waals surface area contributed by atoms with Crippen LogP contribution >= 0.6 is 0 Å². The van der Waals surface area contributed by atoms with Crippen LogP contribution in [0.25, 0.3) is 11.5 Å². The molecule has 0 aliphatic rings. The van der Waals surface area contributed by atoms with Gasteiger partial charge in [0.2, 0.25) is 5.82 Å². The van der Waals surface area contributed by atoms with E-state index in [0.29, 0.717) is 29.6 Å². The topological polar surface area (TPSA) is 84.8 Å². The molecular formula is C14H16N4O2. The van der Waals surface area contributed by atoms with Crippen LogP contribution in [-0.4, -0.2) is 21.7 Å². The van der Waals surface area contributed by atoms with Crippen LogP contribution in [0.4, 0.5) is 0 Å². The number of nitrogens with zero attached hydrogens (tertiary/aromatic N) is 4. The first-order valence-corrected chi connectivity index (χ1v) is 6.47. The molecule has 0 aliphatic heterocycles. The van der Waals surface area contributed by atoms with E-state index in [2.05, 4.69) is 15.1 Å². The summed E-state index contributed by atoms with van der Waals surface area (Å²) in [5, 5.41) is 12.8. The van der Waals surface area contributed by atoms with Gasteiger partial charge in [-0.2, -0.15) is 10.2 Å². The van der Waals surface area contributed by atoms with E-state index in [0.717, 1.165) is 0 Å². The average molecular weight is 272 g/mol. The fourth-order valence-electron chi connectivity index (χ4n) is 1.84. The van der Waals surface area contributed by atoms with Crippen molar-refractivity contribution in [2.24, 2.45) is 5.92 Å². The van der Waals surface area contributed by atoms with Crippen LogP contribution in [0, 0.1) is 17.2 Å².